The highest BCUT2D eigenvalue weighted by Crippen LogP contribution is 2.28. The number of ether oxygens (including phenoxy) is 1. The van der Waals surface area contributed by atoms with Crippen molar-refractivity contribution in [1.29, 1.82) is 0 Å². The van der Waals surface area contributed by atoms with Gasteiger partial charge in [-0.1, -0.05) is 54.1 Å². The lowest BCUT2D eigenvalue weighted by molar-refractivity contribution is -0.384. The van der Waals surface area contributed by atoms with Crippen LogP contribution in [0.25, 0.3) is 0 Å². The predicted octanol–water partition coefficient (Wildman–Crippen LogP) is 5.06. The number of anilines is 1. The summed E-state index contributed by atoms with van der Waals surface area (Å²) < 4.78 is 5.60. The van der Waals surface area contributed by atoms with Crippen molar-refractivity contribution in [3.05, 3.63) is 105 Å². The molecule has 3 aromatic carbocycles. The van der Waals surface area contributed by atoms with E-state index >= 15 is 0 Å². The Hall–Kier alpha value is -4.00. The van der Waals surface area contributed by atoms with Gasteiger partial charge in [0.05, 0.1) is 10.5 Å². The molecule has 0 radical (unpaired) electrons. The van der Waals surface area contributed by atoms with E-state index < -0.39 is 22.9 Å². The summed E-state index contributed by atoms with van der Waals surface area (Å²) in [6.07, 6.45) is -1.28. The maximum atomic E-state index is 13.1. The summed E-state index contributed by atoms with van der Waals surface area (Å²) in [7, 11) is 0. The lowest BCUT2D eigenvalue weighted by atomic mass is 10.1. The maximum absolute atomic E-state index is 13.1. The number of hydrogen-bond acceptors (Lipinski definition) is 5. The fraction of sp³-hybridized carbons (Fsp3) is 0.167. The Labute approximate surface area is 179 Å². The van der Waals surface area contributed by atoms with E-state index in [0.29, 0.717) is 16.7 Å². The summed E-state index contributed by atoms with van der Waals surface area (Å²) in [6, 6.07) is 18.4. The van der Waals surface area contributed by atoms with Gasteiger partial charge in [-0.3, -0.25) is 14.9 Å². The number of amides is 1. The molecule has 0 aliphatic rings. The third kappa shape index (κ3) is 5.14. The molecule has 0 fully saturated rings. The number of benzene rings is 3. The minimum atomic E-state index is -1.28. The van der Waals surface area contributed by atoms with Crippen molar-refractivity contribution in [3.8, 4) is 0 Å². The standard InChI is InChI=1S/C24H22N2O5/c1-15-9-11-17(3)19(13-15)24(28)31-22(18-7-5-4-6-8-18)23(27)25-20-12-10-16(2)14-21(20)26(29)30/h4-14,22H,1-3H3,(H,25,27)/t22-/m1/s1. The number of aryl methyl sites for hydroxylation is 3. The second-order valence-corrected chi connectivity index (χ2v) is 7.28. The van der Waals surface area contributed by atoms with Crippen LogP contribution >= 0.6 is 0 Å². The van der Waals surface area contributed by atoms with Gasteiger partial charge >= 0.3 is 5.97 Å². The lowest BCUT2D eigenvalue weighted by Gasteiger charge is -2.19. The Morgan fingerprint density at radius 1 is 0.935 bits per heavy atom. The second-order valence-electron chi connectivity index (χ2n) is 7.28. The smallest absolute Gasteiger partial charge is 0.339 e. The van der Waals surface area contributed by atoms with Crippen LogP contribution in [0.2, 0.25) is 0 Å². The minimum absolute atomic E-state index is 0.0318. The van der Waals surface area contributed by atoms with Gasteiger partial charge in [-0.15, -0.1) is 0 Å². The molecule has 1 N–H and O–H groups in total. The molecule has 0 heterocycles. The zero-order valence-electron chi connectivity index (χ0n) is 17.4. The van der Waals surface area contributed by atoms with Crippen molar-refractivity contribution in [3.63, 3.8) is 0 Å². The van der Waals surface area contributed by atoms with Gasteiger partial charge in [-0.05, 0) is 44.0 Å². The molecule has 0 bridgehead atoms. The van der Waals surface area contributed by atoms with Crippen molar-refractivity contribution in [2.24, 2.45) is 0 Å². The van der Waals surface area contributed by atoms with Crippen molar-refractivity contribution in [1.82, 2.24) is 0 Å². The average Bonchev–Trinajstić information content (AvgIpc) is 2.75. The van der Waals surface area contributed by atoms with E-state index in [1.807, 2.05) is 13.0 Å². The number of nitro benzene ring substituents is 1. The van der Waals surface area contributed by atoms with Crippen LogP contribution in [0.15, 0.2) is 66.7 Å². The number of rotatable bonds is 6. The molecule has 158 valence electrons. The van der Waals surface area contributed by atoms with Gasteiger partial charge in [0.2, 0.25) is 6.10 Å². The van der Waals surface area contributed by atoms with Gasteiger partial charge in [0.25, 0.3) is 11.6 Å². The molecule has 7 heteroatoms. The highest BCUT2D eigenvalue weighted by Gasteiger charge is 2.28. The van der Waals surface area contributed by atoms with Gasteiger partial charge in [0.1, 0.15) is 5.69 Å². The number of nitrogens with zero attached hydrogens (tertiary/aromatic N) is 1. The predicted molar refractivity (Wildman–Crippen MR) is 117 cm³/mol. The summed E-state index contributed by atoms with van der Waals surface area (Å²) in [4.78, 5) is 36.8. The van der Waals surface area contributed by atoms with E-state index in [0.717, 1.165) is 11.1 Å². The van der Waals surface area contributed by atoms with E-state index in [9.17, 15) is 19.7 Å². The first kappa shape index (κ1) is 21.7. The molecule has 3 aromatic rings. The molecule has 0 saturated carbocycles. The van der Waals surface area contributed by atoms with Crippen LogP contribution in [-0.2, 0) is 9.53 Å². The fourth-order valence-corrected chi connectivity index (χ4v) is 3.12. The van der Waals surface area contributed by atoms with E-state index in [1.165, 1.54) is 12.1 Å². The quantitative estimate of drug-likeness (QED) is 0.343. The summed E-state index contributed by atoms with van der Waals surface area (Å²) in [5, 5.41) is 13.9. The SMILES string of the molecule is Cc1ccc(C)c(C(=O)O[C@@H](C(=O)Nc2ccc(C)cc2[N+](=O)[O-])c2ccccc2)c1. The topological polar surface area (TPSA) is 98.5 Å². The molecule has 0 aliphatic carbocycles. The first-order valence-corrected chi connectivity index (χ1v) is 9.65. The zero-order valence-corrected chi connectivity index (χ0v) is 17.4. The minimum Gasteiger partial charge on any atom is -0.444 e. The normalized spacial score (nSPS) is 11.5. The molecule has 0 aromatic heterocycles. The summed E-state index contributed by atoms with van der Waals surface area (Å²) >= 11 is 0. The van der Waals surface area contributed by atoms with Crippen LogP contribution in [-0.4, -0.2) is 16.8 Å². The molecule has 31 heavy (non-hydrogen) atoms. The Bertz CT molecular complexity index is 1140. The Kier molecular flexibility index (Phi) is 6.45. The summed E-state index contributed by atoms with van der Waals surface area (Å²) in [6.45, 7) is 5.36. The largest absolute Gasteiger partial charge is 0.444 e. The first-order valence-electron chi connectivity index (χ1n) is 9.65. The van der Waals surface area contributed by atoms with Crippen LogP contribution in [0.5, 0.6) is 0 Å². The van der Waals surface area contributed by atoms with Gasteiger partial charge in [-0.25, -0.2) is 4.79 Å². The maximum Gasteiger partial charge on any atom is 0.339 e. The van der Waals surface area contributed by atoms with Gasteiger partial charge in [-0.2, -0.15) is 0 Å². The van der Waals surface area contributed by atoms with E-state index in [4.69, 9.17) is 4.74 Å². The number of hydrogen-bond donors (Lipinski definition) is 1. The van der Waals surface area contributed by atoms with Crippen molar-refractivity contribution >= 4 is 23.3 Å². The third-order valence-corrected chi connectivity index (χ3v) is 4.79. The Balaban J connectivity index is 1.93. The molecule has 0 aliphatic heterocycles. The highest BCUT2D eigenvalue weighted by molar-refractivity contribution is 5.99. The third-order valence-electron chi connectivity index (χ3n) is 4.79. The number of carbonyl (C=O) groups is 2. The van der Waals surface area contributed by atoms with Crippen LogP contribution in [0.1, 0.15) is 38.7 Å². The fourth-order valence-electron chi connectivity index (χ4n) is 3.12. The molecule has 0 spiro atoms. The van der Waals surface area contributed by atoms with Crippen LogP contribution in [0, 0.1) is 30.9 Å². The van der Waals surface area contributed by atoms with Crippen LogP contribution in [0.3, 0.4) is 0 Å². The van der Waals surface area contributed by atoms with E-state index in [1.54, 1.807) is 62.4 Å². The van der Waals surface area contributed by atoms with Crippen LogP contribution in [0.4, 0.5) is 11.4 Å². The summed E-state index contributed by atoms with van der Waals surface area (Å²) in [5.74, 6) is -1.33. The van der Waals surface area contributed by atoms with Gasteiger partial charge in [0.15, 0.2) is 0 Å². The second kappa shape index (κ2) is 9.21. The molecule has 7 nitrogen and oxygen atoms in total. The molecule has 0 saturated heterocycles. The number of esters is 1. The number of nitrogens with one attached hydrogen (secondary N) is 1. The van der Waals surface area contributed by atoms with Gasteiger partial charge in [0, 0.05) is 11.6 Å². The Morgan fingerprint density at radius 3 is 2.26 bits per heavy atom. The monoisotopic (exact) mass is 418 g/mol. The van der Waals surface area contributed by atoms with Crippen molar-refractivity contribution in [2.45, 2.75) is 26.9 Å². The van der Waals surface area contributed by atoms with Crippen molar-refractivity contribution < 1.29 is 19.2 Å². The Morgan fingerprint density at radius 2 is 1.58 bits per heavy atom. The zero-order chi connectivity index (χ0) is 22.5. The molecule has 1 atom stereocenters. The molecule has 0 unspecified atom stereocenters. The lowest BCUT2D eigenvalue weighted by Crippen LogP contribution is -2.26. The highest BCUT2D eigenvalue weighted by atomic mass is 16.6. The number of carbonyl (C=O) groups excluding carboxylic acids is 2. The van der Waals surface area contributed by atoms with E-state index in [-0.39, 0.29) is 11.4 Å². The number of nitro groups is 1. The summed E-state index contributed by atoms with van der Waals surface area (Å²) in [5.41, 5.74) is 2.89. The van der Waals surface area contributed by atoms with Crippen LogP contribution < -0.4 is 5.32 Å². The molecule has 3 rings (SSSR count). The molecular formula is C24H22N2O5. The molecular weight excluding hydrogens is 396 g/mol. The van der Waals surface area contributed by atoms with Gasteiger partial charge < -0.3 is 10.1 Å². The van der Waals surface area contributed by atoms with E-state index in [2.05, 4.69) is 5.32 Å². The average molecular weight is 418 g/mol. The van der Waals surface area contributed by atoms with Crippen molar-refractivity contribution in [2.75, 3.05) is 5.32 Å². The molecule has 1 amide bonds. The first-order chi connectivity index (χ1) is 14.8.